The summed E-state index contributed by atoms with van der Waals surface area (Å²) in [6.45, 7) is 2.49. The Bertz CT molecular complexity index is 1040. The van der Waals surface area contributed by atoms with E-state index in [9.17, 15) is 9.59 Å². The van der Waals surface area contributed by atoms with Gasteiger partial charge in [-0.1, -0.05) is 17.4 Å². The second-order valence-corrected chi connectivity index (χ2v) is 7.89. The first kappa shape index (κ1) is 18.4. The van der Waals surface area contributed by atoms with Crippen molar-refractivity contribution in [1.29, 1.82) is 0 Å². The fraction of sp³-hybridized carbons (Fsp3) is 0.286. The highest BCUT2D eigenvalue weighted by Crippen LogP contribution is 2.28. The lowest BCUT2D eigenvalue weighted by Gasteiger charge is -2.17. The molecule has 2 aromatic carbocycles. The van der Waals surface area contributed by atoms with Crippen molar-refractivity contribution in [2.45, 2.75) is 32.6 Å². The number of fused-ring (bicyclic) bond motifs is 2. The molecular formula is C21H21N3O3S. The molecule has 6 nitrogen and oxygen atoms in total. The van der Waals surface area contributed by atoms with Crippen molar-refractivity contribution in [3.63, 3.8) is 0 Å². The molecule has 7 heteroatoms. The largest absolute Gasteiger partial charge is 0.494 e. The maximum Gasteiger partial charge on any atom is 0.226 e. The minimum atomic E-state index is -0.0625. The molecule has 0 spiro atoms. The van der Waals surface area contributed by atoms with E-state index in [1.165, 1.54) is 16.9 Å². The van der Waals surface area contributed by atoms with E-state index < -0.39 is 0 Å². The van der Waals surface area contributed by atoms with Gasteiger partial charge in [0.25, 0.3) is 0 Å². The molecule has 0 radical (unpaired) electrons. The van der Waals surface area contributed by atoms with Crippen molar-refractivity contribution < 1.29 is 14.3 Å². The number of benzene rings is 2. The van der Waals surface area contributed by atoms with Crippen LogP contribution in [-0.4, -0.2) is 23.4 Å². The van der Waals surface area contributed by atoms with Gasteiger partial charge < -0.3 is 15.4 Å². The second kappa shape index (κ2) is 7.98. The molecule has 0 saturated heterocycles. The van der Waals surface area contributed by atoms with Crippen LogP contribution in [0.3, 0.4) is 0 Å². The Labute approximate surface area is 166 Å². The third-order valence-corrected chi connectivity index (χ3v) is 5.51. The molecule has 0 atom stereocenters. The number of ether oxygens (including phenoxy) is 1. The zero-order valence-corrected chi connectivity index (χ0v) is 16.4. The summed E-state index contributed by atoms with van der Waals surface area (Å²) < 4.78 is 6.83. The molecule has 0 bridgehead atoms. The minimum absolute atomic E-state index is 0.0513. The number of carbonyl (C=O) groups is 2. The van der Waals surface area contributed by atoms with Gasteiger partial charge in [-0.15, -0.1) is 0 Å². The molecule has 1 aliphatic rings. The summed E-state index contributed by atoms with van der Waals surface area (Å²) in [5.74, 6) is 0.750. The number of aromatic nitrogens is 1. The smallest absolute Gasteiger partial charge is 0.226 e. The lowest BCUT2D eigenvalue weighted by molar-refractivity contribution is -0.117. The Morgan fingerprint density at radius 2 is 2.14 bits per heavy atom. The van der Waals surface area contributed by atoms with Gasteiger partial charge in [0.15, 0.2) is 5.13 Å². The fourth-order valence-electron chi connectivity index (χ4n) is 3.14. The van der Waals surface area contributed by atoms with Gasteiger partial charge in [0.2, 0.25) is 11.8 Å². The molecule has 0 saturated carbocycles. The molecule has 0 unspecified atom stereocenters. The fourth-order valence-corrected chi connectivity index (χ4v) is 4.12. The van der Waals surface area contributed by atoms with Gasteiger partial charge in [-0.05, 0) is 61.2 Å². The Morgan fingerprint density at radius 1 is 1.25 bits per heavy atom. The SMILES string of the molecule is Cc1ccc2nc(NC(=O)CCCOc3ccc4c(c3)CCC(=O)N4)sc2c1. The average Bonchev–Trinajstić information content (AvgIpc) is 3.06. The highest BCUT2D eigenvalue weighted by atomic mass is 32.1. The van der Waals surface area contributed by atoms with Crippen LogP contribution in [0.5, 0.6) is 5.75 Å². The van der Waals surface area contributed by atoms with Crippen molar-refractivity contribution in [1.82, 2.24) is 4.98 Å². The number of amides is 2. The number of hydrogen-bond acceptors (Lipinski definition) is 5. The van der Waals surface area contributed by atoms with Crippen molar-refractivity contribution >= 4 is 44.2 Å². The van der Waals surface area contributed by atoms with E-state index in [1.54, 1.807) is 0 Å². The molecule has 2 N–H and O–H groups in total. The lowest BCUT2D eigenvalue weighted by atomic mass is 10.0. The summed E-state index contributed by atoms with van der Waals surface area (Å²) in [5, 5.41) is 6.35. The summed E-state index contributed by atoms with van der Waals surface area (Å²) in [5.41, 5.74) is 4.02. The van der Waals surface area contributed by atoms with Crippen LogP contribution in [0.15, 0.2) is 36.4 Å². The molecule has 4 rings (SSSR count). The number of rotatable bonds is 6. The summed E-state index contributed by atoms with van der Waals surface area (Å²) >= 11 is 1.48. The lowest BCUT2D eigenvalue weighted by Crippen LogP contribution is -2.18. The summed E-state index contributed by atoms with van der Waals surface area (Å²) in [7, 11) is 0. The van der Waals surface area contributed by atoms with E-state index in [4.69, 9.17) is 4.74 Å². The van der Waals surface area contributed by atoms with Crippen LogP contribution >= 0.6 is 11.3 Å². The summed E-state index contributed by atoms with van der Waals surface area (Å²) in [6, 6.07) is 11.7. The van der Waals surface area contributed by atoms with Crippen LogP contribution in [0.1, 0.15) is 30.4 Å². The van der Waals surface area contributed by atoms with Gasteiger partial charge >= 0.3 is 0 Å². The minimum Gasteiger partial charge on any atom is -0.494 e. The Hall–Kier alpha value is -2.93. The number of carbonyl (C=O) groups excluding carboxylic acids is 2. The number of anilines is 2. The third kappa shape index (κ3) is 4.31. The highest BCUT2D eigenvalue weighted by molar-refractivity contribution is 7.22. The first-order valence-corrected chi connectivity index (χ1v) is 10.1. The molecule has 2 amide bonds. The predicted molar refractivity (Wildman–Crippen MR) is 111 cm³/mol. The van der Waals surface area contributed by atoms with Gasteiger partial charge in [-0.25, -0.2) is 4.98 Å². The van der Waals surface area contributed by atoms with E-state index in [1.807, 2.05) is 37.3 Å². The first-order chi connectivity index (χ1) is 13.6. The number of nitrogens with zero attached hydrogens (tertiary/aromatic N) is 1. The maximum absolute atomic E-state index is 12.1. The van der Waals surface area contributed by atoms with Crippen LogP contribution in [0, 0.1) is 6.92 Å². The van der Waals surface area contributed by atoms with Gasteiger partial charge in [0.05, 0.1) is 16.8 Å². The highest BCUT2D eigenvalue weighted by Gasteiger charge is 2.15. The summed E-state index contributed by atoms with van der Waals surface area (Å²) in [4.78, 5) is 28.0. The number of thiazole rings is 1. The Kier molecular flexibility index (Phi) is 5.25. The van der Waals surface area contributed by atoms with Crippen LogP contribution in [0.4, 0.5) is 10.8 Å². The van der Waals surface area contributed by atoms with Crippen LogP contribution in [0.2, 0.25) is 0 Å². The molecule has 2 heterocycles. The monoisotopic (exact) mass is 395 g/mol. The van der Waals surface area contributed by atoms with Gasteiger partial charge in [0, 0.05) is 18.5 Å². The predicted octanol–water partition coefficient (Wildman–Crippen LogP) is 4.29. The van der Waals surface area contributed by atoms with Crippen molar-refractivity contribution in [3.05, 3.63) is 47.5 Å². The third-order valence-electron chi connectivity index (χ3n) is 4.58. The number of aryl methyl sites for hydroxylation is 2. The Balaban J connectivity index is 1.24. The zero-order valence-electron chi connectivity index (χ0n) is 15.6. The first-order valence-electron chi connectivity index (χ1n) is 9.29. The van der Waals surface area contributed by atoms with Gasteiger partial charge in [-0.2, -0.15) is 0 Å². The van der Waals surface area contributed by atoms with E-state index in [-0.39, 0.29) is 11.8 Å². The van der Waals surface area contributed by atoms with E-state index in [2.05, 4.69) is 21.7 Å². The zero-order chi connectivity index (χ0) is 19.5. The Morgan fingerprint density at radius 3 is 3.04 bits per heavy atom. The van der Waals surface area contributed by atoms with Crippen LogP contribution in [-0.2, 0) is 16.0 Å². The van der Waals surface area contributed by atoms with E-state index in [0.717, 1.165) is 33.6 Å². The van der Waals surface area contributed by atoms with E-state index >= 15 is 0 Å². The second-order valence-electron chi connectivity index (χ2n) is 6.86. The number of nitrogens with one attached hydrogen (secondary N) is 2. The molecule has 0 fully saturated rings. The maximum atomic E-state index is 12.1. The van der Waals surface area contributed by atoms with Crippen molar-refractivity contribution in [2.75, 3.05) is 17.2 Å². The number of hydrogen-bond donors (Lipinski definition) is 2. The molecule has 144 valence electrons. The van der Waals surface area contributed by atoms with Gasteiger partial charge in [0.1, 0.15) is 5.75 Å². The van der Waals surface area contributed by atoms with Crippen LogP contribution < -0.4 is 15.4 Å². The molecule has 1 aromatic heterocycles. The van der Waals surface area contributed by atoms with Gasteiger partial charge in [-0.3, -0.25) is 9.59 Å². The quantitative estimate of drug-likeness (QED) is 0.610. The van der Waals surface area contributed by atoms with Crippen molar-refractivity contribution in [3.8, 4) is 5.75 Å². The summed E-state index contributed by atoms with van der Waals surface area (Å²) in [6.07, 6.45) is 2.21. The molecule has 0 aliphatic carbocycles. The molecule has 1 aliphatic heterocycles. The normalized spacial score (nSPS) is 13.1. The van der Waals surface area contributed by atoms with E-state index in [0.29, 0.717) is 31.0 Å². The average molecular weight is 395 g/mol. The van der Waals surface area contributed by atoms with Crippen molar-refractivity contribution in [2.24, 2.45) is 0 Å². The topological polar surface area (TPSA) is 80.3 Å². The van der Waals surface area contributed by atoms with Crippen LogP contribution in [0.25, 0.3) is 10.2 Å². The molecular weight excluding hydrogens is 374 g/mol. The molecule has 3 aromatic rings. The molecule has 28 heavy (non-hydrogen) atoms. The standard InChI is InChI=1S/C21H21N3O3S/c1-13-4-7-17-18(11-13)28-21(23-17)24-19(25)3-2-10-27-15-6-8-16-14(12-15)5-9-20(26)22-16/h4,6-8,11-12H,2-3,5,9-10H2,1H3,(H,22,26)(H,23,24,25).